The van der Waals surface area contributed by atoms with Crippen LogP contribution < -0.4 is 5.32 Å². The molecule has 0 radical (unpaired) electrons. The number of nitrogens with one attached hydrogen (secondary N) is 1. The Kier molecular flexibility index (Phi) is 6.84. The van der Waals surface area contributed by atoms with E-state index in [2.05, 4.69) is 5.32 Å². The molecule has 0 aliphatic carbocycles. The monoisotopic (exact) mass is 312 g/mol. The maximum Gasteiger partial charge on any atom is 0.220 e. The molecule has 1 N–H and O–H groups in total. The number of hydrogen-bond donors (Lipinski definition) is 1. The molecule has 1 aromatic carbocycles. The highest BCUT2D eigenvalue weighted by Crippen LogP contribution is 2.12. The summed E-state index contributed by atoms with van der Waals surface area (Å²) in [4.78, 5) is 11.4. The highest BCUT2D eigenvalue weighted by Gasteiger charge is 2.17. The van der Waals surface area contributed by atoms with E-state index < -0.39 is 10.0 Å². The van der Waals surface area contributed by atoms with Crippen molar-refractivity contribution in [3.63, 3.8) is 0 Å². The predicted molar refractivity (Wildman–Crippen MR) is 84.4 cm³/mol. The average Bonchev–Trinajstić information content (AvgIpc) is 2.39. The van der Waals surface area contributed by atoms with Gasteiger partial charge in [0.25, 0.3) is 0 Å². The highest BCUT2D eigenvalue weighted by atomic mass is 32.2. The van der Waals surface area contributed by atoms with Crippen LogP contribution in [0.3, 0.4) is 0 Å². The maximum atomic E-state index is 11.9. The topological polar surface area (TPSA) is 66.5 Å². The first kappa shape index (κ1) is 17.7. The van der Waals surface area contributed by atoms with Crippen molar-refractivity contribution < 1.29 is 13.2 Å². The molecule has 1 rings (SSSR count). The van der Waals surface area contributed by atoms with Crippen LogP contribution in [-0.2, 0) is 21.4 Å². The van der Waals surface area contributed by atoms with Crippen molar-refractivity contribution >= 4 is 15.9 Å². The molecule has 6 heteroatoms. The Labute approximate surface area is 127 Å². The fourth-order valence-electron chi connectivity index (χ4n) is 1.98. The molecule has 118 valence electrons. The van der Waals surface area contributed by atoms with E-state index in [0.29, 0.717) is 19.5 Å². The Morgan fingerprint density at radius 3 is 2.52 bits per heavy atom. The van der Waals surface area contributed by atoms with Gasteiger partial charge >= 0.3 is 0 Å². The van der Waals surface area contributed by atoms with Gasteiger partial charge in [0, 0.05) is 26.1 Å². The van der Waals surface area contributed by atoms with Gasteiger partial charge in [-0.3, -0.25) is 4.79 Å². The lowest BCUT2D eigenvalue weighted by atomic mass is 10.1. The Morgan fingerprint density at radius 1 is 1.29 bits per heavy atom. The van der Waals surface area contributed by atoms with Gasteiger partial charge in [-0.1, -0.05) is 31.2 Å². The molecule has 0 fully saturated rings. The SMILES string of the molecule is CCCC(=O)NCCN(Cc1ccccc1C)S(C)(=O)=O. The molecule has 0 spiro atoms. The molecular weight excluding hydrogens is 288 g/mol. The molecule has 0 aliphatic rings. The van der Waals surface area contributed by atoms with Crippen LogP contribution in [0.25, 0.3) is 0 Å². The number of rotatable bonds is 8. The van der Waals surface area contributed by atoms with E-state index in [9.17, 15) is 13.2 Å². The van der Waals surface area contributed by atoms with Crippen LogP contribution in [0.5, 0.6) is 0 Å². The van der Waals surface area contributed by atoms with Crippen molar-refractivity contribution in [3.05, 3.63) is 35.4 Å². The van der Waals surface area contributed by atoms with Gasteiger partial charge < -0.3 is 5.32 Å². The number of benzene rings is 1. The molecule has 1 amide bonds. The smallest absolute Gasteiger partial charge is 0.220 e. The molecule has 0 aliphatic heterocycles. The van der Waals surface area contributed by atoms with Crippen LogP contribution in [0.2, 0.25) is 0 Å². The molecule has 21 heavy (non-hydrogen) atoms. The van der Waals surface area contributed by atoms with Crippen LogP contribution in [0.4, 0.5) is 0 Å². The molecule has 0 saturated carbocycles. The Morgan fingerprint density at radius 2 is 1.95 bits per heavy atom. The van der Waals surface area contributed by atoms with Gasteiger partial charge in [0.05, 0.1) is 6.26 Å². The molecular formula is C15H24N2O3S. The number of carbonyl (C=O) groups is 1. The van der Waals surface area contributed by atoms with E-state index in [1.807, 2.05) is 38.1 Å². The second kappa shape index (κ2) is 8.14. The van der Waals surface area contributed by atoms with Crippen molar-refractivity contribution in [2.75, 3.05) is 19.3 Å². The minimum atomic E-state index is -3.31. The van der Waals surface area contributed by atoms with Gasteiger partial charge in [0.15, 0.2) is 0 Å². The minimum absolute atomic E-state index is 0.0400. The first-order chi connectivity index (χ1) is 9.84. The lowest BCUT2D eigenvalue weighted by Crippen LogP contribution is -2.37. The predicted octanol–water partition coefficient (Wildman–Crippen LogP) is 1.67. The first-order valence-electron chi connectivity index (χ1n) is 7.11. The molecule has 0 aromatic heterocycles. The standard InChI is InChI=1S/C15H24N2O3S/c1-4-7-15(18)16-10-11-17(21(3,19)20)12-14-9-6-5-8-13(14)2/h5-6,8-9H,4,7,10-12H2,1-3H3,(H,16,18). The van der Waals surface area contributed by atoms with E-state index >= 15 is 0 Å². The summed E-state index contributed by atoms with van der Waals surface area (Å²) in [5, 5.41) is 2.74. The molecule has 5 nitrogen and oxygen atoms in total. The van der Waals surface area contributed by atoms with E-state index in [1.165, 1.54) is 10.6 Å². The van der Waals surface area contributed by atoms with Crippen molar-refractivity contribution in [3.8, 4) is 0 Å². The van der Waals surface area contributed by atoms with Crippen LogP contribution in [0, 0.1) is 6.92 Å². The largest absolute Gasteiger partial charge is 0.355 e. The Bertz CT molecular complexity index is 570. The summed E-state index contributed by atoms with van der Waals surface area (Å²) >= 11 is 0. The third kappa shape index (κ3) is 6.27. The third-order valence-corrected chi connectivity index (χ3v) is 4.49. The molecule has 0 saturated heterocycles. The fraction of sp³-hybridized carbons (Fsp3) is 0.533. The summed E-state index contributed by atoms with van der Waals surface area (Å²) in [7, 11) is -3.31. The average molecular weight is 312 g/mol. The number of carbonyl (C=O) groups excluding carboxylic acids is 1. The molecule has 0 bridgehead atoms. The van der Waals surface area contributed by atoms with Crippen LogP contribution in [0.1, 0.15) is 30.9 Å². The summed E-state index contributed by atoms with van der Waals surface area (Å²) in [6.45, 7) is 4.83. The third-order valence-electron chi connectivity index (χ3n) is 3.24. The summed E-state index contributed by atoms with van der Waals surface area (Å²) in [6.07, 6.45) is 2.45. The van der Waals surface area contributed by atoms with Crippen LogP contribution in [-0.4, -0.2) is 38.0 Å². The maximum absolute atomic E-state index is 11.9. The van der Waals surface area contributed by atoms with Gasteiger partial charge in [-0.25, -0.2) is 8.42 Å². The number of aryl methyl sites for hydroxylation is 1. The zero-order valence-electron chi connectivity index (χ0n) is 12.9. The zero-order chi connectivity index (χ0) is 15.9. The first-order valence-corrected chi connectivity index (χ1v) is 8.95. The van der Waals surface area contributed by atoms with Crippen LogP contribution in [0.15, 0.2) is 24.3 Å². The summed E-state index contributed by atoms with van der Waals surface area (Å²) in [5.74, 6) is -0.0400. The highest BCUT2D eigenvalue weighted by molar-refractivity contribution is 7.88. The molecule has 0 heterocycles. The van der Waals surface area contributed by atoms with E-state index in [1.54, 1.807) is 0 Å². The van der Waals surface area contributed by atoms with Gasteiger partial charge in [0.2, 0.25) is 15.9 Å². The number of amides is 1. The number of hydrogen-bond acceptors (Lipinski definition) is 3. The second-order valence-electron chi connectivity index (χ2n) is 5.12. The lowest BCUT2D eigenvalue weighted by molar-refractivity contribution is -0.121. The van der Waals surface area contributed by atoms with Crippen molar-refractivity contribution in [1.29, 1.82) is 0 Å². The van der Waals surface area contributed by atoms with E-state index in [0.717, 1.165) is 17.5 Å². The summed E-state index contributed by atoms with van der Waals surface area (Å²) < 4.78 is 25.1. The molecule has 0 unspecified atom stereocenters. The van der Waals surface area contributed by atoms with Crippen molar-refractivity contribution in [2.45, 2.75) is 33.2 Å². The summed E-state index contributed by atoms with van der Waals surface area (Å²) in [6, 6.07) is 7.70. The number of nitrogens with zero attached hydrogens (tertiary/aromatic N) is 1. The van der Waals surface area contributed by atoms with Crippen molar-refractivity contribution in [2.24, 2.45) is 0 Å². The van der Waals surface area contributed by atoms with Gasteiger partial charge in [0.1, 0.15) is 0 Å². The molecule has 1 aromatic rings. The normalized spacial score (nSPS) is 11.6. The Balaban J connectivity index is 2.66. The van der Waals surface area contributed by atoms with Crippen molar-refractivity contribution in [1.82, 2.24) is 9.62 Å². The van der Waals surface area contributed by atoms with Crippen LogP contribution >= 0.6 is 0 Å². The van der Waals surface area contributed by atoms with Gasteiger partial charge in [-0.05, 0) is 24.5 Å². The van der Waals surface area contributed by atoms with Gasteiger partial charge in [-0.15, -0.1) is 0 Å². The fourth-order valence-corrected chi connectivity index (χ4v) is 2.77. The quantitative estimate of drug-likeness (QED) is 0.794. The zero-order valence-corrected chi connectivity index (χ0v) is 13.7. The van der Waals surface area contributed by atoms with Gasteiger partial charge in [-0.2, -0.15) is 4.31 Å². The number of sulfonamides is 1. The van der Waals surface area contributed by atoms with E-state index in [-0.39, 0.29) is 12.5 Å². The summed E-state index contributed by atoms with van der Waals surface area (Å²) in [5.41, 5.74) is 2.03. The molecule has 0 atom stereocenters. The lowest BCUT2D eigenvalue weighted by Gasteiger charge is -2.21. The van der Waals surface area contributed by atoms with E-state index in [4.69, 9.17) is 0 Å². The Hall–Kier alpha value is -1.40. The second-order valence-corrected chi connectivity index (χ2v) is 7.11. The minimum Gasteiger partial charge on any atom is -0.355 e.